The van der Waals surface area contributed by atoms with Crippen LogP contribution in [0, 0.1) is 5.92 Å². The number of nitrogens with zero attached hydrogens (tertiary/aromatic N) is 1. The smallest absolute Gasteiger partial charge is 0.0675 e. The van der Waals surface area contributed by atoms with Gasteiger partial charge in [-0.05, 0) is 38.3 Å². The van der Waals surface area contributed by atoms with Gasteiger partial charge in [-0.1, -0.05) is 37.3 Å². The van der Waals surface area contributed by atoms with E-state index in [1.54, 1.807) is 0 Å². The number of benzene rings is 1. The fourth-order valence-corrected chi connectivity index (χ4v) is 2.89. The van der Waals surface area contributed by atoms with E-state index in [2.05, 4.69) is 36.1 Å². The molecule has 0 aromatic heterocycles. The first-order chi connectivity index (χ1) is 8.62. The molecule has 1 saturated heterocycles. The zero-order valence-electron chi connectivity index (χ0n) is 11.6. The maximum absolute atomic E-state index is 10.6. The Hall–Kier alpha value is -0.860. The maximum Gasteiger partial charge on any atom is 0.0675 e. The van der Waals surface area contributed by atoms with Gasteiger partial charge in [-0.25, -0.2) is 0 Å². The second-order valence-electron chi connectivity index (χ2n) is 5.79. The van der Waals surface area contributed by atoms with Gasteiger partial charge >= 0.3 is 0 Å². The maximum atomic E-state index is 10.6. The van der Waals surface area contributed by atoms with Crippen molar-refractivity contribution >= 4 is 0 Å². The lowest BCUT2D eigenvalue weighted by Crippen LogP contribution is -2.51. The molecule has 1 aromatic rings. The SMILES string of the molecule is CCCN1CC[C@@](C)(O)[C@@H](Cc2ccccc2)C1. The Kier molecular flexibility index (Phi) is 4.41. The molecule has 0 radical (unpaired) electrons. The van der Waals surface area contributed by atoms with Crippen molar-refractivity contribution in [2.75, 3.05) is 19.6 Å². The molecule has 0 spiro atoms. The number of hydrogen-bond donors (Lipinski definition) is 1. The van der Waals surface area contributed by atoms with E-state index in [9.17, 15) is 5.11 Å². The minimum Gasteiger partial charge on any atom is -0.390 e. The third-order valence-corrected chi connectivity index (χ3v) is 4.16. The van der Waals surface area contributed by atoms with Crippen molar-refractivity contribution in [3.63, 3.8) is 0 Å². The second kappa shape index (κ2) is 5.85. The molecule has 1 aliphatic heterocycles. The Bertz CT molecular complexity index is 361. The van der Waals surface area contributed by atoms with Crippen LogP contribution >= 0.6 is 0 Å². The Morgan fingerprint density at radius 3 is 2.72 bits per heavy atom. The zero-order chi connectivity index (χ0) is 13.0. The van der Waals surface area contributed by atoms with Crippen molar-refractivity contribution in [3.8, 4) is 0 Å². The number of likely N-dealkylation sites (tertiary alicyclic amines) is 1. The van der Waals surface area contributed by atoms with Crippen LogP contribution in [-0.4, -0.2) is 35.2 Å². The van der Waals surface area contributed by atoms with Crippen molar-refractivity contribution in [1.29, 1.82) is 0 Å². The summed E-state index contributed by atoms with van der Waals surface area (Å²) in [5, 5.41) is 10.6. The van der Waals surface area contributed by atoms with E-state index in [0.29, 0.717) is 5.92 Å². The lowest BCUT2D eigenvalue weighted by molar-refractivity contribution is -0.0573. The van der Waals surface area contributed by atoms with Crippen LogP contribution in [0.25, 0.3) is 0 Å². The quantitative estimate of drug-likeness (QED) is 0.884. The van der Waals surface area contributed by atoms with Gasteiger partial charge in [0.2, 0.25) is 0 Å². The van der Waals surface area contributed by atoms with Crippen LogP contribution in [0.2, 0.25) is 0 Å². The number of piperidine rings is 1. The minimum atomic E-state index is -0.514. The molecule has 100 valence electrons. The summed E-state index contributed by atoms with van der Waals surface area (Å²) in [7, 11) is 0. The fourth-order valence-electron chi connectivity index (χ4n) is 2.89. The molecule has 0 amide bonds. The van der Waals surface area contributed by atoms with E-state index in [4.69, 9.17) is 0 Å². The van der Waals surface area contributed by atoms with Gasteiger partial charge in [-0.3, -0.25) is 0 Å². The molecule has 1 fully saturated rings. The molecule has 2 nitrogen and oxygen atoms in total. The van der Waals surface area contributed by atoms with E-state index in [0.717, 1.165) is 32.5 Å². The molecule has 1 N–H and O–H groups in total. The van der Waals surface area contributed by atoms with Crippen molar-refractivity contribution < 1.29 is 5.11 Å². The average Bonchev–Trinajstić information content (AvgIpc) is 2.35. The summed E-state index contributed by atoms with van der Waals surface area (Å²) in [6, 6.07) is 10.5. The molecular formula is C16H25NO. The number of rotatable bonds is 4. The first-order valence-electron chi connectivity index (χ1n) is 7.10. The highest BCUT2D eigenvalue weighted by Gasteiger charge is 2.36. The van der Waals surface area contributed by atoms with Gasteiger partial charge in [0, 0.05) is 19.0 Å². The topological polar surface area (TPSA) is 23.5 Å². The van der Waals surface area contributed by atoms with Crippen LogP contribution in [0.15, 0.2) is 30.3 Å². The van der Waals surface area contributed by atoms with E-state index in [-0.39, 0.29) is 0 Å². The standard InChI is InChI=1S/C16H25NO/c1-3-10-17-11-9-16(2,18)15(13-17)12-14-7-5-4-6-8-14/h4-8,15,18H,3,9-13H2,1-2H3/t15-,16+/m0/s1. The van der Waals surface area contributed by atoms with Gasteiger partial charge in [0.05, 0.1) is 5.60 Å². The summed E-state index contributed by atoms with van der Waals surface area (Å²) in [6.07, 6.45) is 3.07. The molecule has 0 saturated carbocycles. The normalized spacial score (nSPS) is 29.4. The number of hydrogen-bond acceptors (Lipinski definition) is 2. The predicted molar refractivity (Wildman–Crippen MR) is 75.6 cm³/mol. The van der Waals surface area contributed by atoms with Crippen molar-refractivity contribution in [3.05, 3.63) is 35.9 Å². The lowest BCUT2D eigenvalue weighted by atomic mass is 9.79. The van der Waals surface area contributed by atoms with Crippen LogP contribution in [0.1, 0.15) is 32.3 Å². The molecule has 2 heteroatoms. The van der Waals surface area contributed by atoms with Crippen molar-refractivity contribution in [2.24, 2.45) is 5.92 Å². The molecule has 0 unspecified atom stereocenters. The molecule has 0 aliphatic carbocycles. The molecule has 0 bridgehead atoms. The first kappa shape index (κ1) is 13.6. The molecule has 1 heterocycles. The van der Waals surface area contributed by atoms with Gasteiger partial charge in [0.25, 0.3) is 0 Å². The van der Waals surface area contributed by atoms with Crippen LogP contribution < -0.4 is 0 Å². The van der Waals surface area contributed by atoms with E-state index < -0.39 is 5.60 Å². The molecular weight excluding hydrogens is 222 g/mol. The van der Waals surface area contributed by atoms with Gasteiger partial charge in [0.15, 0.2) is 0 Å². The van der Waals surface area contributed by atoms with Crippen LogP contribution in [0.4, 0.5) is 0 Å². The molecule has 2 rings (SSSR count). The summed E-state index contributed by atoms with van der Waals surface area (Å²) >= 11 is 0. The van der Waals surface area contributed by atoms with E-state index >= 15 is 0 Å². The monoisotopic (exact) mass is 247 g/mol. The molecule has 1 aromatic carbocycles. The highest BCUT2D eigenvalue weighted by molar-refractivity contribution is 5.16. The zero-order valence-corrected chi connectivity index (χ0v) is 11.6. The minimum absolute atomic E-state index is 0.347. The average molecular weight is 247 g/mol. The summed E-state index contributed by atoms with van der Waals surface area (Å²) in [4.78, 5) is 2.49. The Morgan fingerprint density at radius 1 is 1.33 bits per heavy atom. The molecule has 2 atom stereocenters. The van der Waals surface area contributed by atoms with Crippen LogP contribution in [0.5, 0.6) is 0 Å². The largest absolute Gasteiger partial charge is 0.390 e. The van der Waals surface area contributed by atoms with Gasteiger partial charge in [-0.2, -0.15) is 0 Å². The summed E-state index contributed by atoms with van der Waals surface area (Å²) in [5.74, 6) is 0.347. The van der Waals surface area contributed by atoms with Gasteiger partial charge < -0.3 is 10.0 Å². The molecule has 1 aliphatic rings. The summed E-state index contributed by atoms with van der Waals surface area (Å²) in [5.41, 5.74) is 0.821. The van der Waals surface area contributed by atoms with Crippen LogP contribution in [-0.2, 0) is 6.42 Å². The van der Waals surface area contributed by atoms with E-state index in [1.165, 1.54) is 12.0 Å². The molecule has 18 heavy (non-hydrogen) atoms. The summed E-state index contributed by atoms with van der Waals surface area (Å²) < 4.78 is 0. The van der Waals surface area contributed by atoms with Gasteiger partial charge in [0.1, 0.15) is 0 Å². The summed E-state index contributed by atoms with van der Waals surface area (Å²) in [6.45, 7) is 7.44. The Morgan fingerprint density at radius 2 is 2.06 bits per heavy atom. The second-order valence-corrected chi connectivity index (χ2v) is 5.79. The number of aliphatic hydroxyl groups is 1. The Balaban J connectivity index is 2.03. The van der Waals surface area contributed by atoms with E-state index in [1.807, 2.05) is 13.0 Å². The van der Waals surface area contributed by atoms with Gasteiger partial charge in [-0.15, -0.1) is 0 Å². The fraction of sp³-hybridized carbons (Fsp3) is 0.625. The lowest BCUT2D eigenvalue weighted by Gasteiger charge is -2.43. The van der Waals surface area contributed by atoms with Crippen molar-refractivity contribution in [2.45, 2.75) is 38.7 Å². The third-order valence-electron chi connectivity index (χ3n) is 4.16. The highest BCUT2D eigenvalue weighted by atomic mass is 16.3. The third kappa shape index (κ3) is 3.33. The Labute approximate surface area is 111 Å². The van der Waals surface area contributed by atoms with Crippen LogP contribution in [0.3, 0.4) is 0 Å². The first-order valence-corrected chi connectivity index (χ1v) is 7.10. The predicted octanol–water partition coefficient (Wildman–Crippen LogP) is 2.71. The van der Waals surface area contributed by atoms with Crippen molar-refractivity contribution in [1.82, 2.24) is 4.90 Å². The highest BCUT2D eigenvalue weighted by Crippen LogP contribution is 2.30.